The number of rotatable bonds is 3. The van der Waals surface area contributed by atoms with Crippen LogP contribution in [0.4, 0.5) is 0 Å². The Kier molecular flexibility index (Phi) is 3.00. The van der Waals surface area contributed by atoms with Gasteiger partial charge >= 0.3 is 0 Å². The summed E-state index contributed by atoms with van der Waals surface area (Å²) >= 11 is 4.25. The van der Waals surface area contributed by atoms with E-state index in [1.165, 1.54) is 4.90 Å². The predicted molar refractivity (Wildman–Crippen MR) is 69.4 cm³/mol. The third-order valence-corrected chi connectivity index (χ3v) is 3.75. The van der Waals surface area contributed by atoms with Crippen molar-refractivity contribution in [1.82, 2.24) is 4.90 Å². The van der Waals surface area contributed by atoms with E-state index >= 15 is 0 Å². The summed E-state index contributed by atoms with van der Waals surface area (Å²) in [4.78, 5) is 25.5. The molecule has 17 heavy (non-hydrogen) atoms. The zero-order chi connectivity index (χ0) is 12.6. The third kappa shape index (κ3) is 2.09. The summed E-state index contributed by atoms with van der Waals surface area (Å²) in [6, 6.07) is 6.95. The number of imide groups is 1. The largest absolute Gasteiger partial charge is 0.274 e. The van der Waals surface area contributed by atoms with E-state index in [1.807, 2.05) is 13.8 Å². The smallest absolute Gasteiger partial charge is 0.261 e. The first-order valence-corrected chi connectivity index (χ1v) is 6.15. The van der Waals surface area contributed by atoms with Gasteiger partial charge in [0.15, 0.2) is 0 Å². The minimum Gasteiger partial charge on any atom is -0.274 e. The van der Waals surface area contributed by atoms with Crippen LogP contribution >= 0.6 is 12.6 Å². The zero-order valence-electron chi connectivity index (χ0n) is 9.93. The monoisotopic (exact) mass is 249 g/mol. The molecule has 0 N–H and O–H groups in total. The van der Waals surface area contributed by atoms with Gasteiger partial charge in [-0.1, -0.05) is 26.0 Å². The Morgan fingerprint density at radius 2 is 1.59 bits per heavy atom. The van der Waals surface area contributed by atoms with E-state index in [2.05, 4.69) is 12.6 Å². The molecule has 2 rings (SSSR count). The van der Waals surface area contributed by atoms with E-state index in [4.69, 9.17) is 0 Å². The van der Waals surface area contributed by atoms with Crippen LogP contribution in [0.5, 0.6) is 0 Å². The minimum absolute atomic E-state index is 0.170. The number of hydrogen-bond acceptors (Lipinski definition) is 3. The Labute approximate surface area is 106 Å². The van der Waals surface area contributed by atoms with E-state index in [0.717, 1.165) is 0 Å². The molecular weight excluding hydrogens is 234 g/mol. The lowest BCUT2D eigenvalue weighted by molar-refractivity contribution is 0.0603. The van der Waals surface area contributed by atoms with Gasteiger partial charge in [0, 0.05) is 6.54 Å². The molecule has 1 aromatic carbocycles. The van der Waals surface area contributed by atoms with Crippen LogP contribution in [0, 0.1) is 5.41 Å². The van der Waals surface area contributed by atoms with Gasteiger partial charge in [-0.2, -0.15) is 12.6 Å². The lowest BCUT2D eigenvalue weighted by Crippen LogP contribution is -2.39. The summed E-state index contributed by atoms with van der Waals surface area (Å²) in [6.07, 6.45) is 0. The number of nitrogens with zero attached hydrogens (tertiary/aromatic N) is 1. The van der Waals surface area contributed by atoms with E-state index in [0.29, 0.717) is 23.4 Å². The quantitative estimate of drug-likeness (QED) is 0.659. The van der Waals surface area contributed by atoms with Crippen molar-refractivity contribution in [2.24, 2.45) is 5.41 Å². The van der Waals surface area contributed by atoms with Crippen LogP contribution in [-0.2, 0) is 0 Å². The lowest BCUT2D eigenvalue weighted by Gasteiger charge is -2.27. The maximum Gasteiger partial charge on any atom is 0.261 e. The van der Waals surface area contributed by atoms with Gasteiger partial charge in [-0.15, -0.1) is 0 Å². The summed E-state index contributed by atoms with van der Waals surface area (Å²) < 4.78 is 0. The Bertz CT molecular complexity index is 447. The standard InChI is InChI=1S/C13H15NO2S/c1-13(2,8-17)7-14-11(15)9-5-3-4-6-10(9)12(14)16/h3-6,17H,7-8H2,1-2H3. The van der Waals surface area contributed by atoms with Gasteiger partial charge < -0.3 is 0 Å². The fourth-order valence-electron chi connectivity index (χ4n) is 1.86. The fraction of sp³-hybridized carbons (Fsp3) is 0.385. The number of carbonyl (C=O) groups is 2. The van der Waals surface area contributed by atoms with Gasteiger partial charge in [0.2, 0.25) is 0 Å². The van der Waals surface area contributed by atoms with Gasteiger partial charge in [0.25, 0.3) is 11.8 Å². The Morgan fingerprint density at radius 1 is 1.12 bits per heavy atom. The summed E-state index contributed by atoms with van der Waals surface area (Å²) in [5.41, 5.74) is 0.844. The molecule has 0 bridgehead atoms. The van der Waals surface area contributed by atoms with Crippen LogP contribution in [0.3, 0.4) is 0 Å². The summed E-state index contributed by atoms with van der Waals surface area (Å²) in [5, 5.41) is 0. The maximum absolute atomic E-state index is 12.1. The lowest BCUT2D eigenvalue weighted by atomic mass is 9.95. The molecule has 0 unspecified atom stereocenters. The minimum atomic E-state index is -0.194. The molecule has 1 heterocycles. The summed E-state index contributed by atoms with van der Waals surface area (Å²) in [5.74, 6) is 0.237. The Morgan fingerprint density at radius 3 is 2.00 bits per heavy atom. The number of amides is 2. The molecule has 4 heteroatoms. The number of fused-ring (bicyclic) bond motifs is 1. The normalized spacial score (nSPS) is 15.4. The first-order valence-electron chi connectivity index (χ1n) is 5.52. The van der Waals surface area contributed by atoms with Gasteiger partial charge in [-0.3, -0.25) is 14.5 Å². The zero-order valence-corrected chi connectivity index (χ0v) is 10.8. The number of hydrogen-bond donors (Lipinski definition) is 1. The van der Waals surface area contributed by atoms with Gasteiger partial charge in [0.1, 0.15) is 0 Å². The second-order valence-corrected chi connectivity index (χ2v) is 5.38. The molecule has 1 aromatic rings. The van der Waals surface area contributed by atoms with E-state index < -0.39 is 0 Å². The molecule has 0 spiro atoms. The van der Waals surface area contributed by atoms with Crippen LogP contribution < -0.4 is 0 Å². The molecule has 0 aliphatic carbocycles. The second-order valence-electron chi connectivity index (χ2n) is 5.06. The molecule has 0 radical (unpaired) electrons. The predicted octanol–water partition coefficient (Wildman–Crippen LogP) is 2.24. The molecule has 0 saturated heterocycles. The molecule has 0 saturated carbocycles. The maximum atomic E-state index is 12.1. The third-order valence-electron chi connectivity index (χ3n) is 2.89. The molecule has 0 fully saturated rings. The van der Waals surface area contributed by atoms with Gasteiger partial charge in [-0.25, -0.2) is 0 Å². The Balaban J connectivity index is 2.31. The highest BCUT2D eigenvalue weighted by Crippen LogP contribution is 2.27. The molecule has 1 aliphatic rings. The second kappa shape index (κ2) is 4.18. The van der Waals surface area contributed by atoms with E-state index in [9.17, 15) is 9.59 Å². The molecule has 0 atom stereocenters. The van der Waals surface area contributed by atoms with Crippen LogP contribution in [0.25, 0.3) is 0 Å². The topological polar surface area (TPSA) is 37.4 Å². The van der Waals surface area contributed by atoms with Crippen molar-refractivity contribution in [3.05, 3.63) is 35.4 Å². The van der Waals surface area contributed by atoms with Gasteiger partial charge in [-0.05, 0) is 23.3 Å². The van der Waals surface area contributed by atoms with Crippen LogP contribution in [0.2, 0.25) is 0 Å². The van der Waals surface area contributed by atoms with Crippen molar-refractivity contribution in [2.45, 2.75) is 13.8 Å². The number of thiol groups is 1. The molecule has 3 nitrogen and oxygen atoms in total. The van der Waals surface area contributed by atoms with Crippen LogP contribution in [-0.4, -0.2) is 29.0 Å². The first-order chi connectivity index (χ1) is 7.96. The fourth-order valence-corrected chi connectivity index (χ4v) is 1.96. The molecule has 90 valence electrons. The highest BCUT2D eigenvalue weighted by atomic mass is 32.1. The van der Waals surface area contributed by atoms with Gasteiger partial charge in [0.05, 0.1) is 11.1 Å². The Hall–Kier alpha value is -1.29. The van der Waals surface area contributed by atoms with Crippen LogP contribution in [0.15, 0.2) is 24.3 Å². The van der Waals surface area contributed by atoms with E-state index in [-0.39, 0.29) is 17.2 Å². The number of carbonyl (C=O) groups excluding carboxylic acids is 2. The average Bonchev–Trinajstić information content (AvgIpc) is 2.55. The molecular formula is C13H15NO2S. The van der Waals surface area contributed by atoms with Crippen molar-refractivity contribution in [1.29, 1.82) is 0 Å². The van der Waals surface area contributed by atoms with E-state index in [1.54, 1.807) is 24.3 Å². The SMILES string of the molecule is CC(C)(CS)CN1C(=O)c2ccccc2C1=O. The van der Waals surface area contributed by atoms with Crippen molar-refractivity contribution >= 4 is 24.4 Å². The highest BCUT2D eigenvalue weighted by Gasteiger charge is 2.37. The summed E-state index contributed by atoms with van der Waals surface area (Å²) in [7, 11) is 0. The molecule has 1 aliphatic heterocycles. The molecule has 2 amide bonds. The van der Waals surface area contributed by atoms with Crippen molar-refractivity contribution in [3.63, 3.8) is 0 Å². The first kappa shape index (κ1) is 12.2. The number of benzene rings is 1. The highest BCUT2D eigenvalue weighted by molar-refractivity contribution is 7.80. The average molecular weight is 249 g/mol. The van der Waals surface area contributed by atoms with Crippen LogP contribution in [0.1, 0.15) is 34.6 Å². The molecule has 0 aromatic heterocycles. The van der Waals surface area contributed by atoms with Crippen molar-refractivity contribution in [2.75, 3.05) is 12.3 Å². The van der Waals surface area contributed by atoms with Crippen molar-refractivity contribution in [3.8, 4) is 0 Å². The summed E-state index contributed by atoms with van der Waals surface area (Å²) in [6.45, 7) is 4.38. The van der Waals surface area contributed by atoms with Crippen molar-refractivity contribution < 1.29 is 9.59 Å².